The maximum Gasteiger partial charge on any atom is 0.264 e. The molecular formula is C26H27N3O4S. The molecule has 1 fully saturated rings. The van der Waals surface area contributed by atoms with E-state index in [1.165, 1.54) is 35.6 Å². The van der Waals surface area contributed by atoms with Crippen molar-refractivity contribution in [2.24, 2.45) is 5.92 Å². The summed E-state index contributed by atoms with van der Waals surface area (Å²) >= 11 is 0. The van der Waals surface area contributed by atoms with Crippen molar-refractivity contribution in [3.05, 3.63) is 90.0 Å². The topological polar surface area (TPSA) is 95.6 Å². The van der Waals surface area contributed by atoms with Crippen LogP contribution in [0.1, 0.15) is 41.7 Å². The molecule has 4 rings (SSSR count). The van der Waals surface area contributed by atoms with E-state index in [1.54, 1.807) is 24.3 Å². The number of hydrogen-bond acceptors (Lipinski definition) is 4. The van der Waals surface area contributed by atoms with Gasteiger partial charge in [0.05, 0.1) is 16.6 Å². The minimum absolute atomic E-state index is 0.0505. The molecule has 1 aliphatic rings. The van der Waals surface area contributed by atoms with Crippen molar-refractivity contribution in [3.8, 4) is 0 Å². The van der Waals surface area contributed by atoms with E-state index in [2.05, 4.69) is 10.6 Å². The molecule has 0 aromatic heterocycles. The van der Waals surface area contributed by atoms with E-state index in [0.29, 0.717) is 11.3 Å². The van der Waals surface area contributed by atoms with E-state index >= 15 is 0 Å². The van der Waals surface area contributed by atoms with Crippen molar-refractivity contribution >= 4 is 33.2 Å². The van der Waals surface area contributed by atoms with E-state index in [0.717, 1.165) is 24.1 Å². The Morgan fingerprint density at radius 2 is 1.53 bits per heavy atom. The Morgan fingerprint density at radius 1 is 0.912 bits per heavy atom. The first-order valence-electron chi connectivity index (χ1n) is 11.1. The van der Waals surface area contributed by atoms with E-state index in [4.69, 9.17) is 0 Å². The zero-order valence-electron chi connectivity index (χ0n) is 19.1. The van der Waals surface area contributed by atoms with Crippen LogP contribution in [-0.2, 0) is 14.8 Å². The van der Waals surface area contributed by atoms with Crippen LogP contribution in [0.2, 0.25) is 0 Å². The quantitative estimate of drug-likeness (QED) is 0.504. The Bertz CT molecular complexity index is 1270. The highest BCUT2D eigenvalue weighted by Gasteiger charge is 2.29. The van der Waals surface area contributed by atoms with Gasteiger partial charge in [-0.1, -0.05) is 30.3 Å². The summed E-state index contributed by atoms with van der Waals surface area (Å²) in [5, 5.41) is 5.82. The van der Waals surface area contributed by atoms with Gasteiger partial charge in [-0.2, -0.15) is 0 Å². The van der Waals surface area contributed by atoms with Crippen LogP contribution in [0, 0.1) is 5.92 Å². The molecule has 8 heteroatoms. The van der Waals surface area contributed by atoms with Gasteiger partial charge >= 0.3 is 0 Å². The van der Waals surface area contributed by atoms with Gasteiger partial charge in [-0.25, -0.2) is 8.42 Å². The molecule has 1 aliphatic carbocycles. The molecule has 0 saturated heterocycles. The molecule has 0 bridgehead atoms. The summed E-state index contributed by atoms with van der Waals surface area (Å²) in [7, 11) is -2.25. The molecule has 0 spiro atoms. The Hall–Kier alpha value is -3.65. The van der Waals surface area contributed by atoms with Crippen molar-refractivity contribution in [1.29, 1.82) is 0 Å². The fourth-order valence-corrected chi connectivity index (χ4v) is 4.72. The van der Waals surface area contributed by atoms with Crippen LogP contribution in [-0.4, -0.2) is 27.3 Å². The minimum atomic E-state index is -3.74. The number of nitrogens with one attached hydrogen (secondary N) is 2. The van der Waals surface area contributed by atoms with E-state index in [1.807, 2.05) is 37.3 Å². The maximum atomic E-state index is 12.9. The third kappa shape index (κ3) is 5.28. The van der Waals surface area contributed by atoms with Gasteiger partial charge in [0.25, 0.3) is 15.9 Å². The molecule has 3 aromatic carbocycles. The number of anilines is 2. The lowest BCUT2D eigenvalue weighted by atomic mass is 10.1. The van der Waals surface area contributed by atoms with Gasteiger partial charge in [-0.15, -0.1) is 0 Å². The zero-order chi connectivity index (χ0) is 24.3. The SMILES string of the molecule is CC(NC(=O)c1ccc(S(=O)(=O)N(C)c2ccccc2)cc1)c1ccc(NC(=O)C2CC2)cc1. The molecular weight excluding hydrogens is 450 g/mol. The molecule has 7 nitrogen and oxygen atoms in total. The number of para-hydroxylation sites is 1. The Labute approximate surface area is 199 Å². The van der Waals surface area contributed by atoms with Crippen LogP contribution in [0.4, 0.5) is 11.4 Å². The monoisotopic (exact) mass is 477 g/mol. The number of carbonyl (C=O) groups is 2. The molecule has 1 saturated carbocycles. The number of sulfonamides is 1. The van der Waals surface area contributed by atoms with Crippen LogP contribution in [0.5, 0.6) is 0 Å². The van der Waals surface area contributed by atoms with Crippen LogP contribution in [0.25, 0.3) is 0 Å². The van der Waals surface area contributed by atoms with E-state index in [9.17, 15) is 18.0 Å². The lowest BCUT2D eigenvalue weighted by molar-refractivity contribution is -0.117. The highest BCUT2D eigenvalue weighted by molar-refractivity contribution is 7.92. The summed E-state index contributed by atoms with van der Waals surface area (Å²) in [6.45, 7) is 1.86. The molecule has 0 heterocycles. The predicted molar refractivity (Wildman–Crippen MR) is 132 cm³/mol. The van der Waals surface area contributed by atoms with Crippen LogP contribution < -0.4 is 14.9 Å². The number of carbonyl (C=O) groups excluding carboxylic acids is 2. The number of rotatable bonds is 8. The average Bonchev–Trinajstić information content (AvgIpc) is 3.70. The molecule has 0 aliphatic heterocycles. The van der Waals surface area contributed by atoms with Crippen molar-refractivity contribution in [2.75, 3.05) is 16.7 Å². The van der Waals surface area contributed by atoms with Crippen LogP contribution in [0.15, 0.2) is 83.8 Å². The van der Waals surface area contributed by atoms with Crippen molar-refractivity contribution in [3.63, 3.8) is 0 Å². The summed E-state index contributed by atoms with van der Waals surface area (Å²) in [5.74, 6) is -0.119. The molecule has 1 atom stereocenters. The van der Waals surface area contributed by atoms with Gasteiger partial charge in [0, 0.05) is 24.2 Å². The fourth-order valence-electron chi connectivity index (χ4n) is 3.52. The van der Waals surface area contributed by atoms with Gasteiger partial charge in [0.2, 0.25) is 5.91 Å². The molecule has 0 radical (unpaired) electrons. The second-order valence-corrected chi connectivity index (χ2v) is 10.4. The standard InChI is InChI=1S/C26H27N3O4S/c1-18(19-10-14-22(15-11-19)28-26(31)20-8-9-20)27-25(30)21-12-16-24(17-13-21)34(32,33)29(2)23-6-4-3-5-7-23/h3-7,10-18,20H,8-9H2,1-2H3,(H,27,30)(H,28,31). The highest BCUT2D eigenvalue weighted by Crippen LogP contribution is 2.30. The van der Waals surface area contributed by atoms with E-state index in [-0.39, 0.29) is 28.7 Å². The second-order valence-electron chi connectivity index (χ2n) is 8.41. The van der Waals surface area contributed by atoms with Gasteiger partial charge in [0.15, 0.2) is 0 Å². The molecule has 1 unspecified atom stereocenters. The molecule has 3 aromatic rings. The summed E-state index contributed by atoms with van der Waals surface area (Å²) in [6, 6.07) is 21.8. The lowest BCUT2D eigenvalue weighted by Gasteiger charge is -2.19. The molecule has 2 N–H and O–H groups in total. The zero-order valence-corrected chi connectivity index (χ0v) is 19.9. The van der Waals surface area contributed by atoms with Crippen molar-refractivity contribution in [1.82, 2.24) is 5.32 Å². The molecule has 2 amide bonds. The van der Waals surface area contributed by atoms with Gasteiger partial charge < -0.3 is 10.6 Å². The Balaban J connectivity index is 1.39. The maximum absolute atomic E-state index is 12.9. The molecule has 34 heavy (non-hydrogen) atoms. The van der Waals surface area contributed by atoms with Crippen molar-refractivity contribution < 1.29 is 18.0 Å². The summed E-state index contributed by atoms with van der Waals surface area (Å²) in [4.78, 5) is 24.7. The first-order valence-corrected chi connectivity index (χ1v) is 12.6. The first kappa shape index (κ1) is 23.5. The number of amides is 2. The number of nitrogens with zero attached hydrogens (tertiary/aromatic N) is 1. The highest BCUT2D eigenvalue weighted by atomic mass is 32.2. The number of hydrogen-bond donors (Lipinski definition) is 2. The first-order chi connectivity index (χ1) is 16.3. The van der Waals surface area contributed by atoms with Gasteiger partial charge in [0.1, 0.15) is 0 Å². The second kappa shape index (κ2) is 9.69. The summed E-state index contributed by atoms with van der Waals surface area (Å²) in [6.07, 6.45) is 1.90. The minimum Gasteiger partial charge on any atom is -0.346 e. The van der Waals surface area contributed by atoms with Gasteiger partial charge in [-0.3, -0.25) is 13.9 Å². The van der Waals surface area contributed by atoms with E-state index < -0.39 is 10.0 Å². The number of benzene rings is 3. The Kier molecular flexibility index (Phi) is 6.70. The smallest absolute Gasteiger partial charge is 0.264 e. The third-order valence-electron chi connectivity index (χ3n) is 5.87. The fraction of sp³-hybridized carbons (Fsp3) is 0.231. The van der Waals surface area contributed by atoms with Crippen LogP contribution >= 0.6 is 0 Å². The summed E-state index contributed by atoms with van der Waals surface area (Å²) in [5.41, 5.74) is 2.54. The largest absolute Gasteiger partial charge is 0.346 e. The Morgan fingerprint density at radius 3 is 2.12 bits per heavy atom. The lowest BCUT2D eigenvalue weighted by Crippen LogP contribution is -2.28. The average molecular weight is 478 g/mol. The molecule has 176 valence electrons. The van der Waals surface area contributed by atoms with Crippen LogP contribution in [0.3, 0.4) is 0 Å². The van der Waals surface area contributed by atoms with Gasteiger partial charge in [-0.05, 0) is 73.9 Å². The normalized spacial score (nSPS) is 14.2. The summed E-state index contributed by atoms with van der Waals surface area (Å²) < 4.78 is 27.0. The van der Waals surface area contributed by atoms with Crippen molar-refractivity contribution in [2.45, 2.75) is 30.7 Å². The third-order valence-corrected chi connectivity index (χ3v) is 7.67. The predicted octanol–water partition coefficient (Wildman–Crippen LogP) is 4.35.